The van der Waals surface area contributed by atoms with E-state index < -0.39 is 0 Å². The van der Waals surface area contributed by atoms with Crippen LogP contribution in [0.4, 0.5) is 0 Å². The van der Waals surface area contributed by atoms with Gasteiger partial charge in [0, 0.05) is 43.9 Å². The number of Topliss-reactive ketones (excluding diaryl/α,β-unsaturated/α-hetero) is 1. The number of carbonyl (C=O) groups is 2. The number of hydrogen-bond donors (Lipinski definition) is 1. The highest BCUT2D eigenvalue weighted by atomic mass is 16.5. The second kappa shape index (κ2) is 11.0. The molecule has 3 heterocycles. The Labute approximate surface area is 221 Å². The lowest BCUT2D eigenvalue weighted by atomic mass is 9.74. The van der Waals surface area contributed by atoms with Crippen LogP contribution in [0, 0.1) is 17.3 Å². The molecule has 3 atom stereocenters. The SMILES string of the molecule is COc1ccc(CN2CCC3(CCN(C(C(=O)C(C)C)[C@@H]4CNC[C@@H]4c4ccccc4)CC3)C2=O)cc1. The molecular formula is C31H41N3O3. The lowest BCUT2D eigenvalue weighted by molar-refractivity contribution is -0.140. The zero-order valence-corrected chi connectivity index (χ0v) is 22.5. The molecule has 2 aromatic carbocycles. The molecule has 0 saturated carbocycles. The van der Waals surface area contributed by atoms with Gasteiger partial charge < -0.3 is 15.0 Å². The number of piperidine rings is 1. The number of likely N-dealkylation sites (tertiary alicyclic amines) is 2. The van der Waals surface area contributed by atoms with Gasteiger partial charge in [-0.2, -0.15) is 0 Å². The molecule has 2 aromatic rings. The Morgan fingerprint density at radius 3 is 2.32 bits per heavy atom. The Morgan fingerprint density at radius 2 is 1.68 bits per heavy atom. The molecule has 1 amide bonds. The Bertz CT molecular complexity index is 1080. The van der Waals surface area contributed by atoms with Crippen molar-refractivity contribution in [1.82, 2.24) is 15.1 Å². The van der Waals surface area contributed by atoms with Gasteiger partial charge in [-0.3, -0.25) is 14.5 Å². The van der Waals surface area contributed by atoms with Crippen molar-refractivity contribution in [2.24, 2.45) is 17.3 Å². The van der Waals surface area contributed by atoms with Crippen molar-refractivity contribution in [2.45, 2.75) is 51.6 Å². The molecule has 0 aromatic heterocycles. The van der Waals surface area contributed by atoms with Crippen LogP contribution in [0.25, 0.3) is 0 Å². The van der Waals surface area contributed by atoms with Crippen LogP contribution in [-0.4, -0.2) is 67.4 Å². The van der Waals surface area contributed by atoms with E-state index in [0.717, 1.165) is 63.3 Å². The predicted molar refractivity (Wildman–Crippen MR) is 145 cm³/mol. The van der Waals surface area contributed by atoms with Gasteiger partial charge >= 0.3 is 0 Å². The number of carbonyl (C=O) groups excluding carboxylic acids is 2. The van der Waals surface area contributed by atoms with Crippen molar-refractivity contribution in [2.75, 3.05) is 39.8 Å². The maximum absolute atomic E-state index is 13.6. The summed E-state index contributed by atoms with van der Waals surface area (Å²) < 4.78 is 5.27. The highest BCUT2D eigenvalue weighted by Gasteiger charge is 2.50. The normalized spacial score (nSPS) is 24.6. The minimum atomic E-state index is -0.277. The summed E-state index contributed by atoms with van der Waals surface area (Å²) >= 11 is 0. The summed E-state index contributed by atoms with van der Waals surface area (Å²) in [5, 5.41) is 3.58. The van der Waals surface area contributed by atoms with E-state index in [2.05, 4.69) is 40.5 Å². The van der Waals surface area contributed by atoms with E-state index in [1.165, 1.54) is 5.56 Å². The van der Waals surface area contributed by atoms with Crippen LogP contribution in [0.15, 0.2) is 54.6 Å². The van der Waals surface area contributed by atoms with Gasteiger partial charge in [0.2, 0.25) is 5.91 Å². The number of ether oxygens (including phenoxy) is 1. The number of nitrogens with one attached hydrogen (secondary N) is 1. The first-order valence-corrected chi connectivity index (χ1v) is 13.9. The van der Waals surface area contributed by atoms with Gasteiger partial charge in [-0.25, -0.2) is 0 Å². The number of nitrogens with zero attached hydrogens (tertiary/aromatic N) is 2. The smallest absolute Gasteiger partial charge is 0.229 e. The van der Waals surface area contributed by atoms with Crippen molar-refractivity contribution in [3.05, 3.63) is 65.7 Å². The molecular weight excluding hydrogens is 462 g/mol. The lowest BCUT2D eigenvalue weighted by Crippen LogP contribution is -2.55. The molecule has 5 rings (SSSR count). The van der Waals surface area contributed by atoms with Crippen molar-refractivity contribution in [3.8, 4) is 5.75 Å². The van der Waals surface area contributed by atoms with Crippen LogP contribution in [-0.2, 0) is 16.1 Å². The molecule has 1 spiro atoms. The van der Waals surface area contributed by atoms with Crippen LogP contribution in [0.3, 0.4) is 0 Å². The number of rotatable bonds is 8. The molecule has 1 N–H and O–H groups in total. The first-order chi connectivity index (χ1) is 17.9. The van der Waals surface area contributed by atoms with E-state index in [0.29, 0.717) is 24.2 Å². The minimum Gasteiger partial charge on any atom is -0.497 e. The molecule has 0 aliphatic carbocycles. The fraction of sp³-hybridized carbons (Fsp3) is 0.548. The van der Waals surface area contributed by atoms with Gasteiger partial charge in [-0.1, -0.05) is 56.3 Å². The molecule has 6 nitrogen and oxygen atoms in total. The van der Waals surface area contributed by atoms with Crippen LogP contribution in [0.2, 0.25) is 0 Å². The summed E-state index contributed by atoms with van der Waals surface area (Å²) in [5.41, 5.74) is 2.17. The van der Waals surface area contributed by atoms with E-state index in [-0.39, 0.29) is 23.3 Å². The third-order valence-electron chi connectivity index (χ3n) is 9.04. The molecule has 6 heteroatoms. The molecule has 37 heavy (non-hydrogen) atoms. The van der Waals surface area contributed by atoms with E-state index >= 15 is 0 Å². The number of ketones is 1. The lowest BCUT2D eigenvalue weighted by Gasteiger charge is -2.44. The fourth-order valence-electron chi connectivity index (χ4n) is 6.79. The number of hydrogen-bond acceptors (Lipinski definition) is 5. The van der Waals surface area contributed by atoms with Crippen molar-refractivity contribution < 1.29 is 14.3 Å². The van der Waals surface area contributed by atoms with Crippen LogP contribution in [0.5, 0.6) is 5.75 Å². The van der Waals surface area contributed by atoms with Gasteiger partial charge in [0.15, 0.2) is 5.78 Å². The average Bonchev–Trinajstić information content (AvgIpc) is 3.52. The zero-order chi connectivity index (χ0) is 26.0. The summed E-state index contributed by atoms with van der Waals surface area (Å²) in [7, 11) is 1.67. The highest BCUT2D eigenvalue weighted by molar-refractivity contribution is 5.87. The molecule has 3 fully saturated rings. The Hall–Kier alpha value is -2.70. The number of benzene rings is 2. The monoisotopic (exact) mass is 503 g/mol. The molecule has 1 unspecified atom stereocenters. The highest BCUT2D eigenvalue weighted by Crippen LogP contribution is 2.44. The molecule has 0 bridgehead atoms. The van der Waals surface area contributed by atoms with Gasteiger partial charge in [-0.15, -0.1) is 0 Å². The molecule has 3 saturated heterocycles. The van der Waals surface area contributed by atoms with Gasteiger partial charge in [0.05, 0.1) is 18.6 Å². The number of methoxy groups -OCH3 is 1. The van der Waals surface area contributed by atoms with E-state index in [1.54, 1.807) is 7.11 Å². The summed E-state index contributed by atoms with van der Waals surface area (Å²) in [5.74, 6) is 2.03. The average molecular weight is 504 g/mol. The summed E-state index contributed by atoms with van der Waals surface area (Å²) in [6.07, 6.45) is 2.59. The Kier molecular flexibility index (Phi) is 7.68. The van der Waals surface area contributed by atoms with E-state index in [1.807, 2.05) is 43.0 Å². The second-order valence-electron chi connectivity index (χ2n) is 11.5. The van der Waals surface area contributed by atoms with Crippen molar-refractivity contribution in [3.63, 3.8) is 0 Å². The van der Waals surface area contributed by atoms with Crippen LogP contribution >= 0.6 is 0 Å². The second-order valence-corrected chi connectivity index (χ2v) is 11.5. The molecule has 0 radical (unpaired) electrons. The standard InChI is InChI=1S/C31H41N3O3/c1-22(2)29(35)28(27-20-32-19-26(27)24-7-5-4-6-8-24)33-16-13-31(14-17-33)15-18-34(30(31)36)21-23-9-11-25(37-3)12-10-23/h4-12,22,26-28,32H,13-21H2,1-3H3/t26-,27-,28?/m1/s1. The van der Waals surface area contributed by atoms with Gasteiger partial charge in [0.25, 0.3) is 0 Å². The van der Waals surface area contributed by atoms with E-state index in [4.69, 9.17) is 4.74 Å². The zero-order valence-electron chi connectivity index (χ0n) is 22.5. The van der Waals surface area contributed by atoms with E-state index in [9.17, 15) is 9.59 Å². The maximum Gasteiger partial charge on any atom is 0.229 e. The third kappa shape index (κ3) is 5.19. The summed E-state index contributed by atoms with van der Waals surface area (Å²) in [6, 6.07) is 18.5. The van der Waals surface area contributed by atoms with Gasteiger partial charge in [0.1, 0.15) is 5.75 Å². The van der Waals surface area contributed by atoms with Gasteiger partial charge in [-0.05, 0) is 55.6 Å². The number of amides is 1. The first-order valence-electron chi connectivity index (χ1n) is 13.9. The largest absolute Gasteiger partial charge is 0.497 e. The maximum atomic E-state index is 13.6. The van der Waals surface area contributed by atoms with Crippen molar-refractivity contribution in [1.29, 1.82) is 0 Å². The Morgan fingerprint density at radius 1 is 1.00 bits per heavy atom. The molecule has 3 aliphatic heterocycles. The van der Waals surface area contributed by atoms with Crippen molar-refractivity contribution >= 4 is 11.7 Å². The van der Waals surface area contributed by atoms with Crippen LogP contribution < -0.4 is 10.1 Å². The quantitative estimate of drug-likeness (QED) is 0.588. The topological polar surface area (TPSA) is 61.9 Å². The summed E-state index contributed by atoms with van der Waals surface area (Å²) in [6.45, 7) is 8.89. The molecule has 198 valence electrons. The summed E-state index contributed by atoms with van der Waals surface area (Å²) in [4.78, 5) is 31.7. The fourth-order valence-corrected chi connectivity index (χ4v) is 6.79. The predicted octanol–water partition coefficient (Wildman–Crippen LogP) is 4.11. The Balaban J connectivity index is 1.28. The third-order valence-corrected chi connectivity index (χ3v) is 9.04. The first kappa shape index (κ1) is 25.9. The molecule has 3 aliphatic rings. The van der Waals surface area contributed by atoms with Crippen LogP contribution in [0.1, 0.15) is 50.2 Å². The minimum absolute atomic E-state index is 0.00832.